The molecule has 6 aromatic rings. The van der Waals surface area contributed by atoms with E-state index in [0.29, 0.717) is 45.1 Å². The predicted molar refractivity (Wildman–Crippen MR) is 216 cm³/mol. The molecule has 0 heterocycles. The molecule has 54 heavy (non-hydrogen) atoms. The number of hydrogen-bond donors (Lipinski definition) is 2. The fourth-order valence-electron chi connectivity index (χ4n) is 6.06. The number of rotatable bonds is 14. The maximum atomic E-state index is 13.1. The third-order valence-electron chi connectivity index (χ3n) is 8.98. The highest BCUT2D eigenvalue weighted by Crippen LogP contribution is 2.30. The van der Waals surface area contributed by atoms with Gasteiger partial charge in [-0.05, 0) is 84.6 Å². The van der Waals surface area contributed by atoms with Gasteiger partial charge in [0.15, 0.2) is 11.6 Å². The summed E-state index contributed by atoms with van der Waals surface area (Å²) < 4.78 is 10.8. The van der Waals surface area contributed by atoms with E-state index in [1.165, 1.54) is 0 Å². The second-order valence-electron chi connectivity index (χ2n) is 12.7. The van der Waals surface area contributed by atoms with Crippen molar-refractivity contribution in [3.05, 3.63) is 188 Å². The van der Waals surface area contributed by atoms with Gasteiger partial charge in [-0.25, -0.2) is 4.79 Å². The second-order valence-corrected chi connectivity index (χ2v) is 13.5. The molecule has 0 spiro atoms. The summed E-state index contributed by atoms with van der Waals surface area (Å²) in [5.74, 6) is -0.258. The van der Waals surface area contributed by atoms with Gasteiger partial charge in [0.05, 0.1) is 23.3 Å². The van der Waals surface area contributed by atoms with E-state index in [0.717, 1.165) is 45.0 Å². The highest BCUT2D eigenvalue weighted by molar-refractivity contribution is 6.36. The molecule has 0 atom stereocenters. The van der Waals surface area contributed by atoms with Crippen molar-refractivity contribution >= 4 is 63.7 Å². The van der Waals surface area contributed by atoms with Gasteiger partial charge in [0.1, 0.15) is 0 Å². The molecule has 0 aliphatic heterocycles. The van der Waals surface area contributed by atoms with Gasteiger partial charge in [-0.1, -0.05) is 108 Å². The molecule has 272 valence electrons. The minimum Gasteiger partial charge on any atom is -0.434 e. The van der Waals surface area contributed by atoms with Gasteiger partial charge < -0.3 is 20.1 Å². The molecule has 0 bridgehead atoms. The Kier molecular flexibility index (Phi) is 12.4. The summed E-state index contributed by atoms with van der Waals surface area (Å²) >= 11 is 13.1. The van der Waals surface area contributed by atoms with Gasteiger partial charge in [-0.3, -0.25) is 9.59 Å². The number of ketones is 2. The van der Waals surface area contributed by atoms with E-state index in [-0.39, 0.29) is 24.8 Å². The molecule has 0 saturated heterocycles. The normalized spacial score (nSPS) is 10.7. The van der Waals surface area contributed by atoms with Crippen molar-refractivity contribution in [2.45, 2.75) is 26.7 Å². The molecule has 0 fully saturated rings. The highest BCUT2D eigenvalue weighted by Gasteiger charge is 2.17. The quantitative estimate of drug-likeness (QED) is 0.0844. The summed E-state index contributed by atoms with van der Waals surface area (Å²) in [4.78, 5) is 38.7. The number of ether oxygens (including phenoxy) is 2. The van der Waals surface area contributed by atoms with E-state index in [9.17, 15) is 14.4 Å². The van der Waals surface area contributed by atoms with Crippen molar-refractivity contribution in [3.63, 3.8) is 0 Å². The fraction of sp³-hybridized carbons (Fsp3) is 0.133. The largest absolute Gasteiger partial charge is 0.508 e. The van der Waals surface area contributed by atoms with E-state index in [1.54, 1.807) is 36.4 Å². The molecule has 0 aliphatic rings. The van der Waals surface area contributed by atoms with Crippen LogP contribution in [0.25, 0.3) is 0 Å². The molecule has 0 unspecified atom stereocenters. The lowest BCUT2D eigenvalue weighted by molar-refractivity contribution is 0.0569. The smallest absolute Gasteiger partial charge is 0.434 e. The van der Waals surface area contributed by atoms with Crippen molar-refractivity contribution in [3.8, 4) is 0 Å². The van der Waals surface area contributed by atoms with Crippen molar-refractivity contribution in [1.82, 2.24) is 0 Å². The Balaban J connectivity index is 0.991. The highest BCUT2D eigenvalue weighted by atomic mass is 35.5. The Labute approximate surface area is 324 Å². The van der Waals surface area contributed by atoms with Crippen molar-refractivity contribution in [1.29, 1.82) is 0 Å². The van der Waals surface area contributed by atoms with Gasteiger partial charge in [0, 0.05) is 57.8 Å². The molecule has 0 saturated carbocycles. The van der Waals surface area contributed by atoms with Crippen LogP contribution in [0.4, 0.5) is 27.5 Å². The number of para-hydroxylation sites is 2. The van der Waals surface area contributed by atoms with Crippen LogP contribution >= 0.6 is 23.2 Å². The number of benzene rings is 6. The Hall–Kier alpha value is -5.89. The Morgan fingerprint density at radius 3 is 1.30 bits per heavy atom. The average Bonchev–Trinajstić information content (AvgIpc) is 3.16. The van der Waals surface area contributed by atoms with Gasteiger partial charge in [0.25, 0.3) is 0 Å². The lowest BCUT2D eigenvalue weighted by atomic mass is 9.99. The standard InChI is InChI=1S/C45H38Cl2N2O5/c1-29-11-3-7-15-35(29)43(50)37-21-19-33(27-39(37)46)48-41-17-9-5-13-31(41)23-25-53-45(52)54-26-24-32-14-6-10-18-42(32)49-34-20-22-38(40(47)28-34)44(51)36-16-8-4-12-30(36)2/h3-22,27-28,48-49H,23-26H2,1-2H3. The van der Waals surface area contributed by atoms with Gasteiger partial charge in [0.2, 0.25) is 0 Å². The molecule has 7 nitrogen and oxygen atoms in total. The van der Waals surface area contributed by atoms with Crippen molar-refractivity contribution < 1.29 is 23.9 Å². The summed E-state index contributed by atoms with van der Waals surface area (Å²) in [6.07, 6.45) is 0.133. The number of aryl methyl sites for hydroxylation is 2. The van der Waals surface area contributed by atoms with Crippen LogP contribution in [-0.2, 0) is 22.3 Å². The van der Waals surface area contributed by atoms with Gasteiger partial charge >= 0.3 is 6.16 Å². The first-order valence-corrected chi connectivity index (χ1v) is 18.2. The summed E-state index contributed by atoms with van der Waals surface area (Å²) in [6, 6.07) is 40.7. The van der Waals surface area contributed by atoms with Crippen LogP contribution < -0.4 is 10.6 Å². The third-order valence-corrected chi connectivity index (χ3v) is 9.61. The number of hydrogen-bond acceptors (Lipinski definition) is 7. The molecular weight excluding hydrogens is 719 g/mol. The monoisotopic (exact) mass is 756 g/mol. The lowest BCUT2D eigenvalue weighted by Crippen LogP contribution is -2.12. The zero-order valence-electron chi connectivity index (χ0n) is 29.8. The number of anilines is 4. The maximum absolute atomic E-state index is 13.1. The number of nitrogens with one attached hydrogen (secondary N) is 2. The molecule has 0 aliphatic carbocycles. The van der Waals surface area contributed by atoms with Crippen LogP contribution in [0.15, 0.2) is 133 Å². The van der Waals surface area contributed by atoms with Crippen LogP contribution in [-0.4, -0.2) is 30.9 Å². The van der Waals surface area contributed by atoms with Gasteiger partial charge in [-0.15, -0.1) is 0 Å². The molecule has 0 amide bonds. The molecule has 0 aromatic heterocycles. The average molecular weight is 758 g/mol. The molecular formula is C45H38Cl2N2O5. The first kappa shape index (κ1) is 37.9. The summed E-state index contributed by atoms with van der Waals surface area (Å²) in [5, 5.41) is 7.43. The molecule has 0 radical (unpaired) electrons. The van der Waals surface area contributed by atoms with Crippen LogP contribution in [0, 0.1) is 13.8 Å². The van der Waals surface area contributed by atoms with Crippen LogP contribution in [0.3, 0.4) is 0 Å². The van der Waals surface area contributed by atoms with Crippen molar-refractivity contribution in [2.24, 2.45) is 0 Å². The van der Waals surface area contributed by atoms with E-state index in [1.807, 2.05) is 111 Å². The van der Waals surface area contributed by atoms with E-state index >= 15 is 0 Å². The third kappa shape index (κ3) is 9.36. The summed E-state index contributed by atoms with van der Waals surface area (Å²) in [5.41, 5.74) is 8.79. The van der Waals surface area contributed by atoms with Gasteiger partial charge in [-0.2, -0.15) is 0 Å². The minimum absolute atomic E-state index is 0.114. The topological polar surface area (TPSA) is 93.7 Å². The van der Waals surface area contributed by atoms with Crippen molar-refractivity contribution in [2.75, 3.05) is 23.8 Å². The molecule has 6 aromatic carbocycles. The number of carbonyl (C=O) groups is 3. The maximum Gasteiger partial charge on any atom is 0.508 e. The summed E-state index contributed by atoms with van der Waals surface area (Å²) in [6.45, 7) is 4.02. The van der Waals surface area contributed by atoms with Crippen LogP contribution in [0.2, 0.25) is 10.0 Å². The predicted octanol–water partition coefficient (Wildman–Crippen LogP) is 11.5. The SMILES string of the molecule is Cc1ccccc1C(=O)c1ccc(Nc2ccccc2CCOC(=O)OCCc2ccccc2Nc2ccc(C(=O)c3ccccc3C)c(Cl)c2)cc1Cl. The van der Waals surface area contributed by atoms with E-state index in [4.69, 9.17) is 32.7 Å². The first-order valence-electron chi connectivity index (χ1n) is 17.5. The minimum atomic E-state index is -0.757. The number of carbonyl (C=O) groups excluding carboxylic acids is 3. The first-order chi connectivity index (χ1) is 26.2. The number of halogens is 2. The van der Waals surface area contributed by atoms with E-state index < -0.39 is 6.16 Å². The zero-order chi connectivity index (χ0) is 38.0. The fourth-order valence-corrected chi connectivity index (χ4v) is 6.59. The van der Waals surface area contributed by atoms with Crippen LogP contribution in [0.1, 0.15) is 54.1 Å². The molecule has 6 rings (SSSR count). The molecule has 2 N–H and O–H groups in total. The Morgan fingerprint density at radius 1 is 0.500 bits per heavy atom. The van der Waals surface area contributed by atoms with E-state index in [2.05, 4.69) is 10.6 Å². The lowest BCUT2D eigenvalue weighted by Gasteiger charge is -2.14. The Morgan fingerprint density at radius 2 is 0.889 bits per heavy atom. The Bertz CT molecular complexity index is 2160. The molecule has 9 heteroatoms. The second kappa shape index (κ2) is 17.8. The summed E-state index contributed by atoms with van der Waals surface area (Å²) in [7, 11) is 0. The van der Waals surface area contributed by atoms with Crippen LogP contribution in [0.5, 0.6) is 0 Å². The zero-order valence-corrected chi connectivity index (χ0v) is 31.3.